The molecule has 10 N–H and O–H groups in total. The summed E-state index contributed by atoms with van der Waals surface area (Å²) in [6.45, 7) is -1.46. The average Bonchev–Trinajstić information content (AvgIpc) is 3.04. The monoisotopic (exact) mass is 681 g/mol. The third-order valence-corrected chi connectivity index (χ3v) is 7.64. The van der Waals surface area contributed by atoms with Crippen LogP contribution >= 0.6 is 0 Å². The molecule has 0 radical (unpaired) electrons. The molecule has 2 aliphatic heterocycles. The molecular formula is C30H33O18+. The third kappa shape index (κ3) is 7.36. The SMILES string of the molecule is O=C(O)CC(=O)OCC1O[C@@H](Oc2cc3c(O[C@@H]4OC(CO)[C@@H](O)[C@H](O)C4O)cc(O)cc3[o+]c2-c2ccc(O)cc2)C(O)C(O)[C@@H]1O. The fourth-order valence-corrected chi connectivity index (χ4v) is 5.09. The number of carboxylic acids is 1. The Labute approximate surface area is 269 Å². The van der Waals surface area contributed by atoms with E-state index in [0.29, 0.717) is 0 Å². The van der Waals surface area contributed by atoms with Crippen molar-refractivity contribution in [2.24, 2.45) is 0 Å². The van der Waals surface area contributed by atoms with Gasteiger partial charge in [0.05, 0.1) is 18.2 Å². The van der Waals surface area contributed by atoms with Crippen LogP contribution in [0.3, 0.4) is 0 Å². The number of hydrogen-bond donors (Lipinski definition) is 10. The summed E-state index contributed by atoms with van der Waals surface area (Å²) < 4.78 is 33.6. The molecular weight excluding hydrogens is 648 g/mol. The second-order valence-electron chi connectivity index (χ2n) is 11.0. The highest BCUT2D eigenvalue weighted by atomic mass is 16.7. The first-order valence-corrected chi connectivity index (χ1v) is 14.4. The van der Waals surface area contributed by atoms with Crippen LogP contribution in [-0.4, -0.2) is 138 Å². The number of benzene rings is 2. The summed E-state index contributed by atoms with van der Waals surface area (Å²) in [5, 5.41) is 101. The summed E-state index contributed by atoms with van der Waals surface area (Å²) in [6, 6.07) is 9.08. The molecule has 0 saturated carbocycles. The maximum Gasteiger partial charge on any atom is 0.402 e. The van der Waals surface area contributed by atoms with E-state index in [4.69, 9.17) is 33.2 Å². The molecule has 2 aliphatic rings. The van der Waals surface area contributed by atoms with E-state index in [-0.39, 0.29) is 45.3 Å². The zero-order valence-corrected chi connectivity index (χ0v) is 24.7. The molecule has 5 rings (SSSR count). The summed E-state index contributed by atoms with van der Waals surface area (Å²) in [5.41, 5.74) is 0.239. The number of phenolic OH excluding ortho intramolecular Hbond substituents is 2. The molecule has 2 saturated heterocycles. The maximum atomic E-state index is 11.8. The van der Waals surface area contributed by atoms with E-state index in [1.54, 1.807) is 0 Å². The van der Waals surface area contributed by atoms with Gasteiger partial charge in [0.1, 0.15) is 84.5 Å². The van der Waals surface area contributed by atoms with Gasteiger partial charge in [0, 0.05) is 12.1 Å². The molecule has 0 amide bonds. The molecule has 2 aromatic carbocycles. The third-order valence-electron chi connectivity index (χ3n) is 7.64. The number of rotatable bonds is 10. The Morgan fingerprint density at radius 3 is 1.92 bits per heavy atom. The van der Waals surface area contributed by atoms with E-state index in [1.807, 2.05) is 0 Å². The number of esters is 1. The molecule has 10 atom stereocenters. The highest BCUT2D eigenvalue weighted by molar-refractivity contribution is 5.90. The van der Waals surface area contributed by atoms with Gasteiger partial charge in [-0.05, 0) is 24.3 Å². The molecule has 5 unspecified atom stereocenters. The summed E-state index contributed by atoms with van der Waals surface area (Å²) >= 11 is 0. The van der Waals surface area contributed by atoms with Gasteiger partial charge in [-0.15, -0.1) is 0 Å². The van der Waals surface area contributed by atoms with E-state index in [1.165, 1.54) is 36.4 Å². The lowest BCUT2D eigenvalue weighted by molar-refractivity contribution is -0.278. The van der Waals surface area contributed by atoms with Crippen LogP contribution < -0.4 is 9.47 Å². The first-order chi connectivity index (χ1) is 22.8. The molecule has 48 heavy (non-hydrogen) atoms. The number of aliphatic carboxylic acids is 1. The van der Waals surface area contributed by atoms with Crippen molar-refractivity contribution < 1.29 is 88.8 Å². The van der Waals surface area contributed by atoms with Crippen molar-refractivity contribution in [3.05, 3.63) is 42.5 Å². The van der Waals surface area contributed by atoms with Gasteiger partial charge in [-0.25, -0.2) is 4.42 Å². The van der Waals surface area contributed by atoms with Crippen LogP contribution in [0.1, 0.15) is 6.42 Å². The van der Waals surface area contributed by atoms with Crippen LogP contribution in [0.5, 0.6) is 23.0 Å². The Kier molecular flexibility index (Phi) is 10.5. The van der Waals surface area contributed by atoms with E-state index in [2.05, 4.69) is 0 Å². The Hall–Kier alpha value is -4.37. The summed E-state index contributed by atoms with van der Waals surface area (Å²) in [6.07, 6.45) is -18.1. The first-order valence-electron chi connectivity index (χ1n) is 14.4. The number of carbonyl (C=O) groups is 2. The van der Waals surface area contributed by atoms with E-state index < -0.39 is 93.0 Å². The largest absolute Gasteiger partial charge is 0.508 e. The maximum absolute atomic E-state index is 11.8. The van der Waals surface area contributed by atoms with Crippen molar-refractivity contribution in [3.63, 3.8) is 0 Å². The second kappa shape index (κ2) is 14.4. The van der Waals surface area contributed by atoms with Crippen LogP contribution in [0, 0.1) is 0 Å². The quantitative estimate of drug-likeness (QED) is 0.0640. The van der Waals surface area contributed by atoms with Crippen LogP contribution in [0.4, 0.5) is 0 Å². The van der Waals surface area contributed by atoms with Crippen molar-refractivity contribution in [3.8, 4) is 34.3 Å². The van der Waals surface area contributed by atoms with Gasteiger partial charge < -0.3 is 74.7 Å². The lowest BCUT2D eigenvalue weighted by atomic mass is 9.99. The number of ether oxygens (including phenoxy) is 5. The van der Waals surface area contributed by atoms with Crippen LogP contribution in [0.25, 0.3) is 22.3 Å². The predicted molar refractivity (Wildman–Crippen MR) is 154 cm³/mol. The fourth-order valence-electron chi connectivity index (χ4n) is 5.09. The van der Waals surface area contributed by atoms with Gasteiger partial charge in [-0.3, -0.25) is 9.59 Å². The highest BCUT2D eigenvalue weighted by Gasteiger charge is 2.47. The molecule has 2 fully saturated rings. The number of hydrogen-bond acceptors (Lipinski definition) is 16. The van der Waals surface area contributed by atoms with Crippen molar-refractivity contribution in [2.75, 3.05) is 13.2 Å². The van der Waals surface area contributed by atoms with E-state index >= 15 is 0 Å². The molecule has 0 spiro atoms. The molecule has 3 aromatic rings. The number of aliphatic hydroxyl groups is 7. The van der Waals surface area contributed by atoms with Crippen molar-refractivity contribution in [2.45, 2.75) is 67.8 Å². The van der Waals surface area contributed by atoms with E-state index in [0.717, 1.165) is 6.07 Å². The first kappa shape index (κ1) is 35.0. The zero-order chi connectivity index (χ0) is 34.9. The Balaban J connectivity index is 1.52. The lowest BCUT2D eigenvalue weighted by Crippen LogP contribution is -2.60. The summed E-state index contributed by atoms with van der Waals surface area (Å²) in [7, 11) is 0. The summed E-state index contributed by atoms with van der Waals surface area (Å²) in [5.74, 6) is -3.62. The minimum absolute atomic E-state index is 0.0346. The van der Waals surface area contributed by atoms with Crippen molar-refractivity contribution in [1.29, 1.82) is 0 Å². The molecule has 0 bridgehead atoms. The number of carboxylic acid groups (broad SMARTS) is 1. The Morgan fingerprint density at radius 2 is 1.31 bits per heavy atom. The molecule has 260 valence electrons. The minimum atomic E-state index is -1.90. The molecule has 18 nitrogen and oxygen atoms in total. The molecule has 1 aromatic heterocycles. The topological polar surface area (TPSA) is 294 Å². The minimum Gasteiger partial charge on any atom is -0.508 e. The fraction of sp³-hybridized carbons (Fsp3) is 0.433. The predicted octanol–water partition coefficient (Wildman–Crippen LogP) is -1.82. The highest BCUT2D eigenvalue weighted by Crippen LogP contribution is 2.42. The second-order valence-corrected chi connectivity index (χ2v) is 11.0. The van der Waals surface area contributed by atoms with Gasteiger partial charge >= 0.3 is 23.3 Å². The lowest BCUT2D eigenvalue weighted by Gasteiger charge is -2.39. The van der Waals surface area contributed by atoms with Gasteiger partial charge in [0.25, 0.3) is 0 Å². The standard InChI is InChI=1S/C30H32O18/c31-9-18-22(37)24(39)26(41)29(47-18)45-16-6-13(33)5-15-14(16)7-17(28(44-15)11-1-3-12(32)4-2-11)46-30-27(42)25(40)23(38)19(48-30)10-43-21(36)8-20(34)35/h1-7,18-19,22-27,29-31,37-42H,8-10H2,(H2-,32,33,34,35)/p+1/t18?,19?,22-,23-,24+,25?,26?,27?,29-,30-/m1/s1. The van der Waals surface area contributed by atoms with E-state index in [9.17, 15) is 55.5 Å². The number of fused-ring (bicyclic) bond motifs is 1. The molecule has 3 heterocycles. The van der Waals surface area contributed by atoms with Gasteiger partial charge in [0.2, 0.25) is 18.3 Å². The number of phenols is 2. The number of carbonyl (C=O) groups excluding carboxylic acids is 1. The van der Waals surface area contributed by atoms with Crippen molar-refractivity contribution in [1.82, 2.24) is 0 Å². The van der Waals surface area contributed by atoms with Crippen molar-refractivity contribution >= 4 is 22.9 Å². The molecule has 18 heteroatoms. The average molecular weight is 682 g/mol. The zero-order valence-electron chi connectivity index (χ0n) is 24.7. The normalized spacial score (nSPS) is 30.5. The van der Waals surface area contributed by atoms with Crippen LogP contribution in [-0.2, 0) is 23.8 Å². The van der Waals surface area contributed by atoms with Crippen LogP contribution in [0.15, 0.2) is 46.9 Å². The van der Waals surface area contributed by atoms with Crippen LogP contribution in [0.2, 0.25) is 0 Å². The van der Waals surface area contributed by atoms with Gasteiger partial charge in [0.15, 0.2) is 0 Å². The Morgan fingerprint density at radius 1 is 0.729 bits per heavy atom. The number of aromatic hydroxyl groups is 2. The van der Waals surface area contributed by atoms with Gasteiger partial charge in [-0.1, -0.05) is 0 Å². The molecule has 0 aliphatic carbocycles. The Bertz CT molecular complexity index is 1610. The van der Waals surface area contributed by atoms with Gasteiger partial charge in [-0.2, -0.15) is 0 Å². The smallest absolute Gasteiger partial charge is 0.402 e. The number of aliphatic hydroxyl groups excluding tert-OH is 7. The summed E-state index contributed by atoms with van der Waals surface area (Å²) in [4.78, 5) is 22.5.